The fourth-order valence-electron chi connectivity index (χ4n) is 1.58. The van der Waals surface area contributed by atoms with Crippen molar-refractivity contribution in [1.82, 2.24) is 14.9 Å². The second-order valence-corrected chi connectivity index (χ2v) is 4.57. The number of aromatic nitrogens is 2. The Hall–Kier alpha value is -1.36. The number of fused-ring (bicyclic) bond motifs is 1. The van der Waals surface area contributed by atoms with E-state index >= 15 is 0 Å². The Morgan fingerprint density at radius 2 is 2.35 bits per heavy atom. The molecule has 4 nitrogen and oxygen atoms in total. The molecule has 2 aromatic heterocycles. The zero-order valence-electron chi connectivity index (χ0n) is 9.40. The van der Waals surface area contributed by atoms with Gasteiger partial charge in [-0.2, -0.15) is 5.10 Å². The monoisotopic (exact) mass is 295 g/mol. The molecule has 0 aromatic carbocycles. The Labute approximate surface area is 108 Å². The van der Waals surface area contributed by atoms with E-state index < -0.39 is 0 Å². The molecule has 0 radical (unpaired) electrons. The van der Waals surface area contributed by atoms with Crippen LogP contribution in [0, 0.1) is 0 Å². The second-order valence-electron chi connectivity index (χ2n) is 3.78. The van der Waals surface area contributed by atoms with Crippen molar-refractivity contribution in [2.45, 2.75) is 19.4 Å². The molecular weight excluding hydrogens is 282 g/mol. The molecule has 2 heterocycles. The molecule has 1 N–H and O–H groups in total. The van der Waals surface area contributed by atoms with Crippen LogP contribution in [-0.4, -0.2) is 20.9 Å². The van der Waals surface area contributed by atoms with Gasteiger partial charge in [-0.05, 0) is 24.6 Å². The molecule has 17 heavy (non-hydrogen) atoms. The lowest BCUT2D eigenvalue weighted by atomic mass is 10.3. The summed E-state index contributed by atoms with van der Waals surface area (Å²) in [6, 6.07) is 7.86. The molecule has 0 atom stereocenters. The van der Waals surface area contributed by atoms with Crippen LogP contribution in [0.25, 0.3) is 5.52 Å². The molecule has 2 rings (SSSR count). The van der Waals surface area contributed by atoms with Gasteiger partial charge in [0.05, 0.1) is 17.8 Å². The molecule has 0 unspecified atom stereocenters. The van der Waals surface area contributed by atoms with Crippen molar-refractivity contribution in [3.8, 4) is 0 Å². The first-order chi connectivity index (χ1) is 8.29. The largest absolute Gasteiger partial charge is 0.350 e. The van der Waals surface area contributed by atoms with E-state index in [1.807, 2.05) is 30.5 Å². The number of halogens is 1. The summed E-state index contributed by atoms with van der Waals surface area (Å²) >= 11 is 3.30. The molecule has 2 aromatic rings. The van der Waals surface area contributed by atoms with Gasteiger partial charge in [-0.25, -0.2) is 4.52 Å². The van der Waals surface area contributed by atoms with E-state index in [1.54, 1.807) is 4.52 Å². The van der Waals surface area contributed by atoms with Crippen molar-refractivity contribution in [3.63, 3.8) is 0 Å². The van der Waals surface area contributed by atoms with Gasteiger partial charge in [0.25, 0.3) is 0 Å². The maximum Gasteiger partial charge on any atom is 0.220 e. The average molecular weight is 296 g/mol. The summed E-state index contributed by atoms with van der Waals surface area (Å²) in [6.07, 6.45) is 3.31. The number of carbonyl (C=O) groups is 1. The van der Waals surface area contributed by atoms with Gasteiger partial charge in [0, 0.05) is 17.9 Å². The van der Waals surface area contributed by atoms with Crippen molar-refractivity contribution in [3.05, 3.63) is 36.2 Å². The number of amides is 1. The summed E-state index contributed by atoms with van der Waals surface area (Å²) in [5, 5.41) is 8.07. The first-order valence-corrected chi connectivity index (χ1v) is 6.67. The van der Waals surface area contributed by atoms with Gasteiger partial charge in [-0.15, -0.1) is 0 Å². The van der Waals surface area contributed by atoms with Crippen LogP contribution in [0.4, 0.5) is 0 Å². The predicted octanol–water partition coefficient (Wildman–Crippen LogP) is 2.13. The molecule has 0 aliphatic heterocycles. The second kappa shape index (κ2) is 5.82. The van der Waals surface area contributed by atoms with Crippen molar-refractivity contribution in [1.29, 1.82) is 0 Å². The van der Waals surface area contributed by atoms with E-state index in [1.165, 1.54) is 0 Å². The molecule has 0 spiro atoms. The molecular formula is C12H14BrN3O. The lowest BCUT2D eigenvalue weighted by Gasteiger charge is -2.01. The first-order valence-electron chi connectivity index (χ1n) is 5.55. The van der Waals surface area contributed by atoms with Gasteiger partial charge < -0.3 is 5.32 Å². The van der Waals surface area contributed by atoms with Crippen LogP contribution >= 0.6 is 15.9 Å². The van der Waals surface area contributed by atoms with Gasteiger partial charge in [-0.3, -0.25) is 4.79 Å². The van der Waals surface area contributed by atoms with Gasteiger partial charge in [0.2, 0.25) is 5.91 Å². The average Bonchev–Trinajstić information content (AvgIpc) is 2.76. The highest BCUT2D eigenvalue weighted by Crippen LogP contribution is 2.05. The Morgan fingerprint density at radius 1 is 1.47 bits per heavy atom. The third-order valence-corrected chi connectivity index (χ3v) is 2.99. The van der Waals surface area contributed by atoms with Crippen LogP contribution < -0.4 is 5.32 Å². The predicted molar refractivity (Wildman–Crippen MR) is 70.1 cm³/mol. The summed E-state index contributed by atoms with van der Waals surface area (Å²) in [6.45, 7) is 0.489. The lowest BCUT2D eigenvalue weighted by molar-refractivity contribution is -0.121. The molecule has 90 valence electrons. The van der Waals surface area contributed by atoms with E-state index in [0.717, 1.165) is 23.0 Å². The minimum atomic E-state index is 0.0708. The first kappa shape index (κ1) is 12.1. The minimum absolute atomic E-state index is 0.0708. The molecule has 0 aliphatic rings. The number of carbonyl (C=O) groups excluding carboxylic acids is 1. The van der Waals surface area contributed by atoms with Crippen LogP contribution in [0.2, 0.25) is 0 Å². The molecule has 1 amide bonds. The minimum Gasteiger partial charge on any atom is -0.350 e. The zero-order chi connectivity index (χ0) is 12.1. The van der Waals surface area contributed by atoms with Crippen molar-refractivity contribution < 1.29 is 4.79 Å². The summed E-state index contributed by atoms with van der Waals surface area (Å²) in [7, 11) is 0. The summed E-state index contributed by atoms with van der Waals surface area (Å²) in [4.78, 5) is 11.4. The summed E-state index contributed by atoms with van der Waals surface area (Å²) < 4.78 is 1.81. The third-order valence-electron chi connectivity index (χ3n) is 2.42. The smallest absolute Gasteiger partial charge is 0.220 e. The van der Waals surface area contributed by atoms with Crippen LogP contribution in [0.15, 0.2) is 30.5 Å². The standard InChI is InChI=1S/C12H14BrN3O/c13-6-3-5-12(17)14-9-10-8-11-4-1-2-7-16(11)15-10/h1-2,4,7-8H,3,5-6,9H2,(H,14,17). The number of nitrogens with one attached hydrogen (secondary N) is 1. The van der Waals surface area contributed by atoms with Crippen LogP contribution in [-0.2, 0) is 11.3 Å². The molecule has 5 heteroatoms. The fourth-order valence-corrected chi connectivity index (χ4v) is 1.86. The number of pyridine rings is 1. The van der Waals surface area contributed by atoms with Gasteiger partial charge >= 0.3 is 0 Å². The summed E-state index contributed by atoms with van der Waals surface area (Å²) in [5.41, 5.74) is 1.92. The molecule has 0 bridgehead atoms. The van der Waals surface area contributed by atoms with Gasteiger partial charge in [0.1, 0.15) is 0 Å². The number of hydrogen-bond acceptors (Lipinski definition) is 2. The number of alkyl halides is 1. The van der Waals surface area contributed by atoms with Gasteiger partial charge in [-0.1, -0.05) is 22.0 Å². The fraction of sp³-hybridized carbons (Fsp3) is 0.333. The third kappa shape index (κ3) is 3.30. The normalized spacial score (nSPS) is 10.6. The van der Waals surface area contributed by atoms with Gasteiger partial charge in [0.15, 0.2) is 0 Å². The summed E-state index contributed by atoms with van der Waals surface area (Å²) in [5.74, 6) is 0.0708. The molecule has 0 fully saturated rings. The SMILES string of the molecule is O=C(CCCBr)NCc1cc2ccccn2n1. The maximum absolute atomic E-state index is 11.4. The molecule has 0 aliphatic carbocycles. The van der Waals surface area contributed by atoms with Crippen LogP contribution in [0.5, 0.6) is 0 Å². The molecule has 0 saturated heterocycles. The van der Waals surface area contributed by atoms with E-state index in [9.17, 15) is 4.79 Å². The van der Waals surface area contributed by atoms with Crippen molar-refractivity contribution in [2.75, 3.05) is 5.33 Å². The quantitative estimate of drug-likeness (QED) is 0.859. The van der Waals surface area contributed by atoms with Crippen molar-refractivity contribution in [2.24, 2.45) is 0 Å². The molecule has 0 saturated carbocycles. The Morgan fingerprint density at radius 3 is 3.12 bits per heavy atom. The number of hydrogen-bond donors (Lipinski definition) is 1. The highest BCUT2D eigenvalue weighted by molar-refractivity contribution is 9.09. The van der Waals surface area contributed by atoms with E-state index in [2.05, 4.69) is 26.3 Å². The zero-order valence-corrected chi connectivity index (χ0v) is 11.0. The van der Waals surface area contributed by atoms with Crippen LogP contribution in [0.1, 0.15) is 18.5 Å². The number of nitrogens with zero attached hydrogens (tertiary/aromatic N) is 2. The van der Waals surface area contributed by atoms with E-state index in [4.69, 9.17) is 0 Å². The lowest BCUT2D eigenvalue weighted by Crippen LogP contribution is -2.22. The van der Waals surface area contributed by atoms with Crippen LogP contribution in [0.3, 0.4) is 0 Å². The highest BCUT2D eigenvalue weighted by Gasteiger charge is 2.03. The number of rotatable bonds is 5. The highest BCUT2D eigenvalue weighted by atomic mass is 79.9. The van der Waals surface area contributed by atoms with E-state index in [-0.39, 0.29) is 5.91 Å². The van der Waals surface area contributed by atoms with E-state index in [0.29, 0.717) is 13.0 Å². The topological polar surface area (TPSA) is 46.4 Å². The Balaban J connectivity index is 1.92. The Kier molecular flexibility index (Phi) is 4.14. The Bertz CT molecular complexity index is 476. The maximum atomic E-state index is 11.4. The van der Waals surface area contributed by atoms with Crippen molar-refractivity contribution >= 4 is 27.4 Å².